The average Bonchev–Trinajstić information content (AvgIpc) is 2.71. The molecule has 0 aliphatic carbocycles. The maximum atomic E-state index is 13.3. The van der Waals surface area contributed by atoms with Crippen molar-refractivity contribution >= 4 is 11.4 Å². The third-order valence-electron chi connectivity index (χ3n) is 2.31. The molecule has 8 heteroatoms. The van der Waals surface area contributed by atoms with Crippen LogP contribution in [0, 0.1) is 28.7 Å². The van der Waals surface area contributed by atoms with Crippen LogP contribution in [0.3, 0.4) is 0 Å². The van der Waals surface area contributed by atoms with Crippen LogP contribution in [0.4, 0.5) is 20.2 Å². The molecule has 0 radical (unpaired) electrons. The summed E-state index contributed by atoms with van der Waals surface area (Å²) in [7, 11) is 0. The van der Waals surface area contributed by atoms with E-state index in [2.05, 4.69) is 10.3 Å². The Hall–Kier alpha value is -2.51. The van der Waals surface area contributed by atoms with Crippen LogP contribution in [0.15, 0.2) is 22.7 Å². The normalized spacial score (nSPS) is 10.5. The Labute approximate surface area is 106 Å². The third-order valence-corrected chi connectivity index (χ3v) is 2.31. The minimum Gasteiger partial charge on any atom is -0.444 e. The molecule has 0 aliphatic heterocycles. The number of oxazole rings is 1. The fourth-order valence-electron chi connectivity index (χ4n) is 1.54. The second-order valence-corrected chi connectivity index (χ2v) is 3.76. The predicted octanol–water partition coefficient (Wildman–Crippen LogP) is 2.78. The minimum absolute atomic E-state index is 0.0163. The first-order valence-electron chi connectivity index (χ1n) is 5.26. The number of nitrogens with zero attached hydrogens (tertiary/aromatic N) is 2. The van der Waals surface area contributed by atoms with Gasteiger partial charge in [-0.1, -0.05) is 0 Å². The molecule has 1 aromatic carbocycles. The van der Waals surface area contributed by atoms with Crippen molar-refractivity contribution in [3.63, 3.8) is 0 Å². The molecule has 100 valence electrons. The van der Waals surface area contributed by atoms with E-state index in [0.29, 0.717) is 11.8 Å². The third kappa shape index (κ3) is 2.84. The summed E-state index contributed by atoms with van der Waals surface area (Å²) in [6, 6.07) is 1.30. The van der Waals surface area contributed by atoms with Crippen molar-refractivity contribution in [1.82, 2.24) is 4.98 Å². The molecule has 0 fully saturated rings. The van der Waals surface area contributed by atoms with Gasteiger partial charge in [0.15, 0.2) is 0 Å². The lowest BCUT2D eigenvalue weighted by Crippen LogP contribution is -2.05. The van der Waals surface area contributed by atoms with Crippen LogP contribution < -0.4 is 5.32 Å². The first kappa shape index (κ1) is 12.9. The number of nitrogens with one attached hydrogen (secondary N) is 1. The molecule has 0 unspecified atom stereocenters. The second kappa shape index (κ2) is 5.01. The van der Waals surface area contributed by atoms with Crippen LogP contribution in [-0.2, 0) is 6.54 Å². The Bertz CT molecular complexity index is 628. The zero-order chi connectivity index (χ0) is 14.0. The molecule has 6 nitrogen and oxygen atoms in total. The molecule has 0 aliphatic rings. The van der Waals surface area contributed by atoms with Gasteiger partial charge in [0, 0.05) is 12.1 Å². The first-order chi connectivity index (χ1) is 8.97. The number of anilines is 1. The van der Waals surface area contributed by atoms with E-state index in [1.807, 2.05) is 0 Å². The quantitative estimate of drug-likeness (QED) is 0.681. The largest absolute Gasteiger partial charge is 0.444 e. The van der Waals surface area contributed by atoms with Gasteiger partial charge in [-0.3, -0.25) is 10.1 Å². The lowest BCUT2D eigenvalue weighted by Gasteiger charge is -2.05. The molecule has 2 rings (SSSR count). The number of aromatic nitrogens is 1. The zero-order valence-corrected chi connectivity index (χ0v) is 9.81. The van der Waals surface area contributed by atoms with Crippen molar-refractivity contribution in [3.05, 3.63) is 51.7 Å². The monoisotopic (exact) mass is 269 g/mol. The lowest BCUT2D eigenvalue weighted by molar-refractivity contribution is -0.386. The van der Waals surface area contributed by atoms with Crippen molar-refractivity contribution < 1.29 is 18.1 Å². The SMILES string of the molecule is Cc1cnc(CNc2cc(F)cc(F)c2[N+](=O)[O-])o1. The summed E-state index contributed by atoms with van der Waals surface area (Å²) in [5.41, 5.74) is -1.08. The summed E-state index contributed by atoms with van der Waals surface area (Å²) in [6.45, 7) is 1.67. The molecule has 2 aromatic rings. The van der Waals surface area contributed by atoms with Crippen molar-refractivity contribution in [3.8, 4) is 0 Å². The number of benzene rings is 1. The van der Waals surface area contributed by atoms with E-state index >= 15 is 0 Å². The summed E-state index contributed by atoms with van der Waals surface area (Å²) in [5.74, 6) is -1.32. The van der Waals surface area contributed by atoms with Crippen molar-refractivity contribution in [2.45, 2.75) is 13.5 Å². The molecule has 1 N–H and O–H groups in total. The van der Waals surface area contributed by atoms with E-state index in [9.17, 15) is 18.9 Å². The smallest absolute Gasteiger partial charge is 0.327 e. The Morgan fingerprint density at radius 2 is 2.21 bits per heavy atom. The minimum atomic E-state index is -1.24. The van der Waals surface area contributed by atoms with Gasteiger partial charge >= 0.3 is 5.69 Å². The van der Waals surface area contributed by atoms with Gasteiger partial charge in [-0.25, -0.2) is 9.37 Å². The van der Waals surface area contributed by atoms with Crippen LogP contribution in [-0.4, -0.2) is 9.91 Å². The number of hydrogen-bond acceptors (Lipinski definition) is 5. The fourth-order valence-corrected chi connectivity index (χ4v) is 1.54. The maximum absolute atomic E-state index is 13.3. The molecular formula is C11H9F2N3O3. The highest BCUT2D eigenvalue weighted by molar-refractivity contribution is 5.62. The Morgan fingerprint density at radius 1 is 1.47 bits per heavy atom. The highest BCUT2D eigenvalue weighted by atomic mass is 19.1. The predicted molar refractivity (Wildman–Crippen MR) is 61.6 cm³/mol. The molecule has 19 heavy (non-hydrogen) atoms. The van der Waals surface area contributed by atoms with Crippen molar-refractivity contribution in [2.24, 2.45) is 0 Å². The van der Waals surface area contributed by atoms with E-state index in [1.54, 1.807) is 6.92 Å². The lowest BCUT2D eigenvalue weighted by atomic mass is 10.2. The summed E-state index contributed by atoms with van der Waals surface area (Å²) in [4.78, 5) is 13.7. The molecular weight excluding hydrogens is 260 g/mol. The highest BCUT2D eigenvalue weighted by Gasteiger charge is 2.22. The summed E-state index contributed by atoms with van der Waals surface area (Å²) >= 11 is 0. The molecule has 0 bridgehead atoms. The Kier molecular flexibility index (Phi) is 3.41. The molecule has 0 atom stereocenters. The van der Waals surface area contributed by atoms with E-state index in [-0.39, 0.29) is 18.1 Å². The van der Waals surface area contributed by atoms with Gasteiger partial charge in [-0.05, 0) is 6.92 Å². The van der Waals surface area contributed by atoms with E-state index < -0.39 is 22.2 Å². The summed E-state index contributed by atoms with van der Waals surface area (Å²) in [6.07, 6.45) is 1.47. The molecule has 1 aromatic heterocycles. The van der Waals surface area contributed by atoms with Crippen LogP contribution in [0.5, 0.6) is 0 Å². The fraction of sp³-hybridized carbons (Fsp3) is 0.182. The molecule has 0 saturated carbocycles. The second-order valence-electron chi connectivity index (χ2n) is 3.76. The van der Waals surface area contributed by atoms with Crippen LogP contribution in [0.25, 0.3) is 0 Å². The van der Waals surface area contributed by atoms with Crippen LogP contribution in [0.2, 0.25) is 0 Å². The van der Waals surface area contributed by atoms with Crippen molar-refractivity contribution in [1.29, 1.82) is 0 Å². The van der Waals surface area contributed by atoms with Crippen LogP contribution >= 0.6 is 0 Å². The topological polar surface area (TPSA) is 81.2 Å². The van der Waals surface area contributed by atoms with Gasteiger partial charge in [0.05, 0.1) is 17.7 Å². The number of halogens is 2. The van der Waals surface area contributed by atoms with E-state index in [4.69, 9.17) is 4.42 Å². The Morgan fingerprint density at radius 3 is 2.79 bits per heavy atom. The van der Waals surface area contributed by atoms with Gasteiger partial charge in [-0.2, -0.15) is 4.39 Å². The molecule has 0 saturated heterocycles. The Balaban J connectivity index is 2.26. The zero-order valence-electron chi connectivity index (χ0n) is 9.81. The van der Waals surface area contributed by atoms with Crippen LogP contribution in [0.1, 0.15) is 11.7 Å². The summed E-state index contributed by atoms with van der Waals surface area (Å²) < 4.78 is 31.5. The van der Waals surface area contributed by atoms with Gasteiger partial charge in [0.2, 0.25) is 11.7 Å². The highest BCUT2D eigenvalue weighted by Crippen LogP contribution is 2.29. The standard InChI is InChI=1S/C11H9F2N3O3/c1-6-4-15-10(19-6)5-14-9-3-7(12)2-8(13)11(9)16(17)18/h2-4,14H,5H2,1H3. The van der Waals surface area contributed by atoms with Gasteiger partial charge in [0.25, 0.3) is 0 Å². The maximum Gasteiger partial charge on any atom is 0.327 e. The molecule has 0 spiro atoms. The molecule has 0 amide bonds. The van der Waals surface area contributed by atoms with Gasteiger partial charge < -0.3 is 9.73 Å². The number of hydrogen-bond donors (Lipinski definition) is 1. The van der Waals surface area contributed by atoms with Gasteiger partial charge in [-0.15, -0.1) is 0 Å². The number of aryl methyl sites for hydroxylation is 1. The molecule has 1 heterocycles. The number of nitro groups is 1. The van der Waals surface area contributed by atoms with Gasteiger partial charge in [0.1, 0.15) is 17.3 Å². The van der Waals surface area contributed by atoms with Crippen molar-refractivity contribution in [2.75, 3.05) is 5.32 Å². The first-order valence-corrected chi connectivity index (χ1v) is 5.26. The number of rotatable bonds is 4. The van der Waals surface area contributed by atoms with E-state index in [0.717, 1.165) is 6.07 Å². The number of nitro benzene ring substituents is 1. The summed E-state index contributed by atoms with van der Waals surface area (Å²) in [5, 5.41) is 13.3. The van der Waals surface area contributed by atoms with E-state index in [1.165, 1.54) is 6.20 Å². The average molecular weight is 269 g/mol.